The Balaban J connectivity index is 1.79. The van der Waals surface area contributed by atoms with Crippen LogP contribution < -0.4 is 0 Å². The molecule has 3 rings (SSSR count). The number of Topliss-reactive ketones (excluding diaryl/α,β-unsaturated/α-hetero) is 1. The first kappa shape index (κ1) is 12.8. The van der Waals surface area contributed by atoms with Crippen LogP contribution in [0.25, 0.3) is 10.8 Å². The van der Waals surface area contributed by atoms with Crippen molar-refractivity contribution in [2.45, 2.75) is 5.03 Å². The van der Waals surface area contributed by atoms with E-state index in [0.717, 1.165) is 21.4 Å². The summed E-state index contributed by atoms with van der Waals surface area (Å²) in [5.41, 5.74) is 0.730. The maximum absolute atomic E-state index is 12.1. The number of aromatic nitrogens is 2. The first-order valence-corrected chi connectivity index (χ1v) is 7.24. The molecule has 3 aromatic rings. The van der Waals surface area contributed by atoms with Gasteiger partial charge >= 0.3 is 0 Å². The smallest absolute Gasteiger partial charge is 0.173 e. The number of hydrogen-bond donors (Lipinski definition) is 0. The van der Waals surface area contributed by atoms with Crippen LogP contribution in [0.3, 0.4) is 0 Å². The zero-order valence-electron chi connectivity index (χ0n) is 10.7. The van der Waals surface area contributed by atoms with Gasteiger partial charge in [-0.2, -0.15) is 5.10 Å². The maximum Gasteiger partial charge on any atom is 0.173 e. The first-order valence-electron chi connectivity index (χ1n) is 6.26. The second-order valence-corrected chi connectivity index (χ2v) is 5.28. The van der Waals surface area contributed by atoms with Crippen molar-refractivity contribution in [1.29, 1.82) is 0 Å². The van der Waals surface area contributed by atoms with Gasteiger partial charge in [0.2, 0.25) is 0 Å². The summed E-state index contributed by atoms with van der Waals surface area (Å²) in [5.74, 6) is 0.470. The van der Waals surface area contributed by atoms with Gasteiger partial charge in [-0.15, -0.1) is 5.10 Å². The molecule has 0 bridgehead atoms. The zero-order chi connectivity index (χ0) is 13.8. The Morgan fingerprint density at radius 1 is 1.00 bits per heavy atom. The van der Waals surface area contributed by atoms with Crippen molar-refractivity contribution < 1.29 is 4.79 Å². The minimum absolute atomic E-state index is 0.102. The molecule has 98 valence electrons. The molecule has 3 nitrogen and oxygen atoms in total. The predicted molar refractivity (Wildman–Crippen MR) is 81.0 cm³/mol. The number of ketones is 1. The van der Waals surface area contributed by atoms with Crippen LogP contribution in [-0.4, -0.2) is 21.7 Å². The number of hydrogen-bond acceptors (Lipinski definition) is 4. The van der Waals surface area contributed by atoms with E-state index in [1.807, 2.05) is 54.6 Å². The van der Waals surface area contributed by atoms with Gasteiger partial charge < -0.3 is 0 Å². The standard InChI is InChI=1S/C16H12N2OS/c19-15(12-6-2-1-3-7-12)11-20-16-14-9-5-4-8-13(14)10-17-18-16/h1-10H,11H2. The summed E-state index contributed by atoms with van der Waals surface area (Å²) in [6, 6.07) is 17.2. The second kappa shape index (κ2) is 5.84. The Morgan fingerprint density at radius 3 is 2.60 bits per heavy atom. The lowest BCUT2D eigenvalue weighted by Crippen LogP contribution is -2.02. The third-order valence-electron chi connectivity index (χ3n) is 2.97. The second-order valence-electron chi connectivity index (χ2n) is 4.31. The van der Waals surface area contributed by atoms with Gasteiger partial charge in [0.15, 0.2) is 5.78 Å². The van der Waals surface area contributed by atoms with Gasteiger partial charge in [-0.25, -0.2) is 0 Å². The Morgan fingerprint density at radius 2 is 1.75 bits per heavy atom. The molecule has 0 atom stereocenters. The quantitative estimate of drug-likeness (QED) is 0.541. The SMILES string of the molecule is O=C(CSc1nncc2ccccc12)c1ccccc1. The van der Waals surface area contributed by atoms with Gasteiger partial charge in [0.1, 0.15) is 5.03 Å². The molecule has 0 aliphatic rings. The molecular weight excluding hydrogens is 268 g/mol. The fourth-order valence-corrected chi connectivity index (χ4v) is 2.83. The summed E-state index contributed by atoms with van der Waals surface area (Å²) in [4.78, 5) is 12.1. The maximum atomic E-state index is 12.1. The number of carbonyl (C=O) groups is 1. The summed E-state index contributed by atoms with van der Waals surface area (Å²) < 4.78 is 0. The van der Waals surface area contributed by atoms with Crippen molar-refractivity contribution in [1.82, 2.24) is 10.2 Å². The van der Waals surface area contributed by atoms with Crippen LogP contribution in [0.15, 0.2) is 65.8 Å². The van der Waals surface area contributed by atoms with Gasteiger partial charge in [-0.1, -0.05) is 66.4 Å². The number of carbonyl (C=O) groups excluding carboxylic acids is 1. The van der Waals surface area contributed by atoms with Crippen LogP contribution in [0.4, 0.5) is 0 Å². The molecule has 20 heavy (non-hydrogen) atoms. The highest BCUT2D eigenvalue weighted by Crippen LogP contribution is 2.25. The van der Waals surface area contributed by atoms with E-state index in [-0.39, 0.29) is 5.78 Å². The van der Waals surface area contributed by atoms with E-state index in [0.29, 0.717) is 5.75 Å². The van der Waals surface area contributed by atoms with Crippen molar-refractivity contribution >= 4 is 28.3 Å². The van der Waals surface area contributed by atoms with Crippen LogP contribution in [-0.2, 0) is 0 Å². The third kappa shape index (κ3) is 2.70. The van der Waals surface area contributed by atoms with Crippen LogP contribution in [0.5, 0.6) is 0 Å². The number of rotatable bonds is 4. The van der Waals surface area contributed by atoms with E-state index in [2.05, 4.69) is 10.2 Å². The molecule has 0 spiro atoms. The molecular formula is C16H12N2OS. The molecule has 0 aliphatic carbocycles. The minimum Gasteiger partial charge on any atom is -0.293 e. The van der Waals surface area contributed by atoms with E-state index < -0.39 is 0 Å². The van der Waals surface area contributed by atoms with E-state index in [1.165, 1.54) is 11.8 Å². The van der Waals surface area contributed by atoms with Crippen molar-refractivity contribution in [2.75, 3.05) is 5.75 Å². The topological polar surface area (TPSA) is 42.9 Å². The summed E-state index contributed by atoms with van der Waals surface area (Å²) >= 11 is 1.43. The average Bonchev–Trinajstić information content (AvgIpc) is 2.53. The van der Waals surface area contributed by atoms with Crippen LogP contribution in [0.1, 0.15) is 10.4 Å². The molecule has 1 aromatic heterocycles. The summed E-state index contributed by atoms with van der Waals surface area (Å²) in [5, 5.41) is 11.0. The Kier molecular flexibility index (Phi) is 3.74. The number of benzene rings is 2. The van der Waals surface area contributed by atoms with E-state index in [1.54, 1.807) is 6.20 Å². The van der Waals surface area contributed by atoms with Gasteiger partial charge in [0.05, 0.1) is 11.9 Å². The molecule has 0 saturated heterocycles. The average molecular weight is 280 g/mol. The van der Waals surface area contributed by atoms with Crippen LogP contribution >= 0.6 is 11.8 Å². The lowest BCUT2D eigenvalue weighted by molar-refractivity contribution is 0.102. The van der Waals surface area contributed by atoms with E-state index in [4.69, 9.17) is 0 Å². The first-order chi connectivity index (χ1) is 9.84. The van der Waals surface area contributed by atoms with Gasteiger partial charge in [0.25, 0.3) is 0 Å². The third-order valence-corrected chi connectivity index (χ3v) is 3.95. The monoisotopic (exact) mass is 280 g/mol. The molecule has 0 radical (unpaired) electrons. The Hall–Kier alpha value is -2.20. The molecule has 0 unspecified atom stereocenters. The number of fused-ring (bicyclic) bond motifs is 1. The zero-order valence-corrected chi connectivity index (χ0v) is 11.5. The van der Waals surface area contributed by atoms with E-state index >= 15 is 0 Å². The highest BCUT2D eigenvalue weighted by molar-refractivity contribution is 8.00. The highest BCUT2D eigenvalue weighted by Gasteiger charge is 2.09. The van der Waals surface area contributed by atoms with Crippen molar-refractivity contribution in [3.8, 4) is 0 Å². The largest absolute Gasteiger partial charge is 0.293 e. The lowest BCUT2D eigenvalue weighted by Gasteiger charge is -2.04. The Labute approximate surface area is 121 Å². The summed E-state index contributed by atoms with van der Waals surface area (Å²) in [6.45, 7) is 0. The van der Waals surface area contributed by atoms with E-state index in [9.17, 15) is 4.79 Å². The fraction of sp³-hybridized carbons (Fsp3) is 0.0625. The number of thioether (sulfide) groups is 1. The van der Waals surface area contributed by atoms with Gasteiger partial charge in [-0.3, -0.25) is 4.79 Å². The fourth-order valence-electron chi connectivity index (χ4n) is 1.95. The minimum atomic E-state index is 0.102. The summed E-state index contributed by atoms with van der Waals surface area (Å²) in [6.07, 6.45) is 1.73. The highest BCUT2D eigenvalue weighted by atomic mass is 32.2. The molecule has 4 heteroatoms. The molecule has 0 aliphatic heterocycles. The predicted octanol–water partition coefficient (Wildman–Crippen LogP) is 3.60. The normalized spacial score (nSPS) is 10.6. The molecule has 1 heterocycles. The molecule has 2 aromatic carbocycles. The number of nitrogens with zero attached hydrogens (tertiary/aromatic N) is 2. The van der Waals surface area contributed by atoms with Gasteiger partial charge in [-0.05, 0) is 0 Å². The molecule has 0 N–H and O–H groups in total. The van der Waals surface area contributed by atoms with Crippen LogP contribution in [0, 0.1) is 0 Å². The molecule has 0 saturated carbocycles. The molecule has 0 amide bonds. The summed E-state index contributed by atoms with van der Waals surface area (Å²) in [7, 11) is 0. The Bertz CT molecular complexity index is 738. The van der Waals surface area contributed by atoms with Gasteiger partial charge in [0, 0.05) is 16.3 Å². The van der Waals surface area contributed by atoms with Crippen LogP contribution in [0.2, 0.25) is 0 Å². The van der Waals surface area contributed by atoms with Crippen molar-refractivity contribution in [3.63, 3.8) is 0 Å². The lowest BCUT2D eigenvalue weighted by atomic mass is 10.2. The molecule has 0 fully saturated rings. The van der Waals surface area contributed by atoms with Crippen molar-refractivity contribution in [2.24, 2.45) is 0 Å². The van der Waals surface area contributed by atoms with Crippen molar-refractivity contribution in [3.05, 3.63) is 66.4 Å².